The topological polar surface area (TPSA) is 50.9 Å². The lowest BCUT2D eigenvalue weighted by molar-refractivity contribution is 0.269. The summed E-state index contributed by atoms with van der Waals surface area (Å²) in [5.41, 5.74) is 1.71. The molecule has 2 aromatic carbocycles. The molecule has 0 spiro atoms. The minimum atomic E-state index is -0.191. The number of para-hydroxylation sites is 1. The Kier molecular flexibility index (Phi) is 4.05. The molecular formula is C15H11BrClN3O. The van der Waals surface area contributed by atoms with Gasteiger partial charge in [-0.3, -0.25) is 4.57 Å². The van der Waals surface area contributed by atoms with E-state index in [4.69, 9.17) is 11.6 Å². The fraction of sp³-hybridized carbons (Fsp3) is 0.0667. The van der Waals surface area contributed by atoms with E-state index < -0.39 is 0 Å². The molecule has 0 radical (unpaired) electrons. The van der Waals surface area contributed by atoms with Gasteiger partial charge in [0.25, 0.3) is 0 Å². The standard InChI is InChI=1S/C15H11BrClN3O/c16-11-6-10(7-12(17)8-11)15-19-18-14(9-21)20(15)13-4-2-1-3-5-13/h1-8,21H,9H2. The molecule has 0 aliphatic rings. The summed E-state index contributed by atoms with van der Waals surface area (Å²) < 4.78 is 2.68. The Morgan fingerprint density at radius 3 is 2.52 bits per heavy atom. The summed E-state index contributed by atoms with van der Waals surface area (Å²) in [6.07, 6.45) is 0. The number of hydrogen-bond donors (Lipinski definition) is 1. The Bertz CT molecular complexity index is 754. The van der Waals surface area contributed by atoms with Gasteiger partial charge in [0.15, 0.2) is 11.6 Å². The second-order valence-corrected chi connectivity index (χ2v) is 5.78. The molecule has 0 atom stereocenters. The highest BCUT2D eigenvalue weighted by atomic mass is 79.9. The summed E-state index contributed by atoms with van der Waals surface area (Å²) in [7, 11) is 0. The van der Waals surface area contributed by atoms with Gasteiger partial charge >= 0.3 is 0 Å². The number of hydrogen-bond acceptors (Lipinski definition) is 3. The number of nitrogens with zero attached hydrogens (tertiary/aromatic N) is 3. The zero-order valence-corrected chi connectivity index (χ0v) is 13.2. The first kappa shape index (κ1) is 14.3. The Morgan fingerprint density at radius 2 is 1.86 bits per heavy atom. The normalized spacial score (nSPS) is 10.8. The molecule has 0 aliphatic carbocycles. The van der Waals surface area contributed by atoms with E-state index in [1.165, 1.54) is 0 Å². The number of benzene rings is 2. The van der Waals surface area contributed by atoms with Gasteiger partial charge in [-0.2, -0.15) is 0 Å². The predicted octanol–water partition coefficient (Wildman–Crippen LogP) is 3.84. The Hall–Kier alpha value is -1.69. The summed E-state index contributed by atoms with van der Waals surface area (Å²) in [4.78, 5) is 0. The molecule has 0 fully saturated rings. The summed E-state index contributed by atoms with van der Waals surface area (Å²) in [5.74, 6) is 1.11. The monoisotopic (exact) mass is 363 g/mol. The lowest BCUT2D eigenvalue weighted by atomic mass is 10.2. The maximum atomic E-state index is 9.49. The van der Waals surface area contributed by atoms with Crippen molar-refractivity contribution in [3.63, 3.8) is 0 Å². The zero-order chi connectivity index (χ0) is 14.8. The summed E-state index contributed by atoms with van der Waals surface area (Å²) in [5, 5.41) is 18.3. The molecule has 6 heteroatoms. The first-order valence-corrected chi connectivity index (χ1v) is 7.43. The van der Waals surface area contributed by atoms with Gasteiger partial charge in [-0.15, -0.1) is 10.2 Å². The summed E-state index contributed by atoms with van der Waals surface area (Å²) in [6, 6.07) is 15.2. The van der Waals surface area contributed by atoms with Crippen molar-refractivity contribution in [2.45, 2.75) is 6.61 Å². The first-order valence-electron chi connectivity index (χ1n) is 6.26. The smallest absolute Gasteiger partial charge is 0.168 e. The van der Waals surface area contributed by atoms with Crippen LogP contribution in [0, 0.1) is 0 Å². The largest absolute Gasteiger partial charge is 0.388 e. The Labute approximate surface area is 135 Å². The van der Waals surface area contributed by atoms with Gasteiger partial charge in [-0.05, 0) is 30.3 Å². The second-order valence-electron chi connectivity index (χ2n) is 4.43. The van der Waals surface area contributed by atoms with Crippen LogP contribution >= 0.6 is 27.5 Å². The third kappa shape index (κ3) is 2.85. The molecule has 4 nitrogen and oxygen atoms in total. The van der Waals surface area contributed by atoms with E-state index in [2.05, 4.69) is 26.1 Å². The van der Waals surface area contributed by atoms with Crippen molar-refractivity contribution in [2.24, 2.45) is 0 Å². The van der Waals surface area contributed by atoms with Gasteiger partial charge < -0.3 is 5.11 Å². The molecule has 1 aromatic heterocycles. The highest BCUT2D eigenvalue weighted by molar-refractivity contribution is 9.10. The Balaban J connectivity index is 2.22. The van der Waals surface area contributed by atoms with Gasteiger partial charge in [-0.1, -0.05) is 45.7 Å². The van der Waals surface area contributed by atoms with Crippen LogP contribution < -0.4 is 0 Å². The van der Waals surface area contributed by atoms with Gasteiger partial charge in [-0.25, -0.2) is 0 Å². The van der Waals surface area contributed by atoms with Crippen molar-refractivity contribution < 1.29 is 5.11 Å². The van der Waals surface area contributed by atoms with Crippen LogP contribution in [0.15, 0.2) is 53.0 Å². The van der Waals surface area contributed by atoms with Gasteiger partial charge in [0, 0.05) is 20.7 Å². The number of aliphatic hydroxyl groups is 1. The van der Waals surface area contributed by atoms with E-state index in [-0.39, 0.29) is 6.61 Å². The molecule has 21 heavy (non-hydrogen) atoms. The fourth-order valence-electron chi connectivity index (χ4n) is 2.14. The molecule has 3 aromatic rings. The van der Waals surface area contributed by atoms with Crippen LogP contribution in [-0.4, -0.2) is 19.9 Å². The number of halogens is 2. The predicted molar refractivity (Wildman–Crippen MR) is 85.4 cm³/mol. The van der Waals surface area contributed by atoms with Crippen molar-refractivity contribution >= 4 is 27.5 Å². The number of aliphatic hydroxyl groups excluding tert-OH is 1. The molecule has 0 bridgehead atoms. The van der Waals surface area contributed by atoms with E-state index in [9.17, 15) is 5.11 Å². The lowest BCUT2D eigenvalue weighted by Gasteiger charge is -2.10. The fourth-order valence-corrected chi connectivity index (χ4v) is 3.00. The molecule has 106 valence electrons. The average Bonchev–Trinajstić information content (AvgIpc) is 2.91. The molecule has 0 amide bonds. The van der Waals surface area contributed by atoms with Crippen molar-refractivity contribution in [1.29, 1.82) is 0 Å². The molecule has 0 saturated heterocycles. The molecule has 0 aliphatic heterocycles. The maximum absolute atomic E-state index is 9.49. The van der Waals surface area contributed by atoms with E-state index in [0.29, 0.717) is 16.7 Å². The minimum absolute atomic E-state index is 0.191. The number of rotatable bonds is 3. The summed E-state index contributed by atoms with van der Waals surface area (Å²) in [6.45, 7) is -0.191. The van der Waals surface area contributed by atoms with Crippen LogP contribution in [0.3, 0.4) is 0 Å². The van der Waals surface area contributed by atoms with Crippen LogP contribution in [0.2, 0.25) is 5.02 Å². The zero-order valence-electron chi connectivity index (χ0n) is 10.9. The average molecular weight is 365 g/mol. The second kappa shape index (κ2) is 5.97. The van der Waals surface area contributed by atoms with Crippen LogP contribution in [0.5, 0.6) is 0 Å². The molecule has 3 rings (SSSR count). The van der Waals surface area contributed by atoms with Crippen LogP contribution in [-0.2, 0) is 6.61 Å². The van der Waals surface area contributed by atoms with E-state index in [0.717, 1.165) is 15.7 Å². The van der Waals surface area contributed by atoms with E-state index in [1.54, 1.807) is 6.07 Å². The lowest BCUT2D eigenvalue weighted by Crippen LogP contribution is -2.03. The van der Waals surface area contributed by atoms with Crippen LogP contribution in [0.25, 0.3) is 17.1 Å². The third-order valence-corrected chi connectivity index (χ3v) is 3.68. The Morgan fingerprint density at radius 1 is 1.10 bits per heavy atom. The molecule has 1 N–H and O–H groups in total. The minimum Gasteiger partial charge on any atom is -0.388 e. The molecule has 0 saturated carbocycles. The first-order chi connectivity index (χ1) is 10.2. The van der Waals surface area contributed by atoms with Crippen LogP contribution in [0.4, 0.5) is 0 Å². The maximum Gasteiger partial charge on any atom is 0.168 e. The van der Waals surface area contributed by atoms with Gasteiger partial charge in [0.1, 0.15) is 6.61 Å². The molecule has 1 heterocycles. The van der Waals surface area contributed by atoms with E-state index in [1.807, 2.05) is 47.0 Å². The summed E-state index contributed by atoms with van der Waals surface area (Å²) >= 11 is 9.53. The van der Waals surface area contributed by atoms with Crippen molar-refractivity contribution in [3.8, 4) is 17.1 Å². The van der Waals surface area contributed by atoms with Gasteiger partial charge in [0.2, 0.25) is 0 Å². The molecular weight excluding hydrogens is 354 g/mol. The quantitative estimate of drug-likeness (QED) is 0.768. The van der Waals surface area contributed by atoms with E-state index >= 15 is 0 Å². The number of aromatic nitrogens is 3. The third-order valence-electron chi connectivity index (χ3n) is 3.01. The highest BCUT2D eigenvalue weighted by Crippen LogP contribution is 2.28. The molecule has 0 unspecified atom stereocenters. The van der Waals surface area contributed by atoms with Crippen molar-refractivity contribution in [2.75, 3.05) is 0 Å². The highest BCUT2D eigenvalue weighted by Gasteiger charge is 2.15. The van der Waals surface area contributed by atoms with Crippen molar-refractivity contribution in [1.82, 2.24) is 14.8 Å². The van der Waals surface area contributed by atoms with Gasteiger partial charge in [0.05, 0.1) is 0 Å². The van der Waals surface area contributed by atoms with Crippen molar-refractivity contribution in [3.05, 3.63) is 63.9 Å². The van der Waals surface area contributed by atoms with Crippen LogP contribution in [0.1, 0.15) is 5.82 Å². The SMILES string of the molecule is OCc1nnc(-c2cc(Cl)cc(Br)c2)n1-c1ccccc1.